The zero-order valence-electron chi connectivity index (χ0n) is 11.1. The molecule has 0 aliphatic carbocycles. The van der Waals surface area contributed by atoms with Crippen LogP contribution in [-0.2, 0) is 20.7 Å². The molecule has 0 aromatic heterocycles. The molecule has 1 aromatic carbocycles. The van der Waals surface area contributed by atoms with E-state index in [1.54, 1.807) is 32.0 Å². The van der Waals surface area contributed by atoms with Gasteiger partial charge in [-0.2, -0.15) is 0 Å². The fourth-order valence-corrected chi connectivity index (χ4v) is 1.81. The summed E-state index contributed by atoms with van der Waals surface area (Å²) in [6.45, 7) is 4.14. The van der Waals surface area contributed by atoms with E-state index in [9.17, 15) is 9.59 Å². The summed E-state index contributed by atoms with van der Waals surface area (Å²) >= 11 is 5.87. The molecule has 104 valence electrons. The fraction of sp³-hybridized carbons (Fsp3) is 0.429. The second kappa shape index (κ2) is 7.79. The van der Waals surface area contributed by atoms with Crippen molar-refractivity contribution in [3.63, 3.8) is 0 Å². The van der Waals surface area contributed by atoms with E-state index in [2.05, 4.69) is 0 Å². The van der Waals surface area contributed by atoms with Crippen LogP contribution in [0.15, 0.2) is 18.2 Å². The number of halogens is 1. The third-order valence-corrected chi connectivity index (χ3v) is 2.71. The van der Waals surface area contributed by atoms with Gasteiger partial charge >= 0.3 is 11.9 Å². The minimum atomic E-state index is -0.427. The van der Waals surface area contributed by atoms with Crippen molar-refractivity contribution in [3.8, 4) is 0 Å². The van der Waals surface area contributed by atoms with E-state index in [-0.39, 0.29) is 12.4 Å². The van der Waals surface area contributed by atoms with Crippen LogP contribution >= 0.6 is 11.6 Å². The largest absolute Gasteiger partial charge is 0.466 e. The number of esters is 2. The predicted octanol–water partition coefficient (Wildman–Crippen LogP) is 3.01. The average molecular weight is 285 g/mol. The smallest absolute Gasteiger partial charge is 0.338 e. The van der Waals surface area contributed by atoms with Gasteiger partial charge in [-0.25, -0.2) is 4.79 Å². The van der Waals surface area contributed by atoms with Crippen LogP contribution in [0.2, 0.25) is 5.02 Å². The monoisotopic (exact) mass is 284 g/mol. The molecule has 0 aliphatic heterocycles. The van der Waals surface area contributed by atoms with Crippen molar-refractivity contribution in [1.82, 2.24) is 0 Å². The Morgan fingerprint density at radius 3 is 2.47 bits per heavy atom. The minimum absolute atomic E-state index is 0.224. The van der Waals surface area contributed by atoms with Crippen molar-refractivity contribution in [2.45, 2.75) is 26.7 Å². The number of rotatable bonds is 6. The third kappa shape index (κ3) is 4.91. The van der Waals surface area contributed by atoms with E-state index in [1.165, 1.54) is 0 Å². The number of benzene rings is 1. The number of hydrogen-bond acceptors (Lipinski definition) is 4. The lowest BCUT2D eigenvalue weighted by molar-refractivity contribution is -0.143. The molecule has 19 heavy (non-hydrogen) atoms. The van der Waals surface area contributed by atoms with Crippen LogP contribution < -0.4 is 0 Å². The predicted molar refractivity (Wildman–Crippen MR) is 72.4 cm³/mol. The molecule has 5 heteroatoms. The highest BCUT2D eigenvalue weighted by Gasteiger charge is 2.14. The zero-order valence-corrected chi connectivity index (χ0v) is 11.8. The molecule has 1 rings (SSSR count). The van der Waals surface area contributed by atoms with Gasteiger partial charge in [-0.05, 0) is 38.0 Å². The molecule has 0 heterocycles. The Hall–Kier alpha value is -1.55. The first-order valence-corrected chi connectivity index (χ1v) is 6.57. The molecule has 0 radical (unpaired) electrons. The maximum Gasteiger partial charge on any atom is 0.338 e. The van der Waals surface area contributed by atoms with Crippen LogP contribution in [0.5, 0.6) is 0 Å². The molecule has 0 saturated heterocycles. The number of carbonyl (C=O) groups is 2. The van der Waals surface area contributed by atoms with Crippen molar-refractivity contribution in [3.05, 3.63) is 34.3 Å². The Kier molecular flexibility index (Phi) is 6.36. The second-order valence-corrected chi connectivity index (χ2v) is 4.26. The molecule has 0 aliphatic rings. The summed E-state index contributed by atoms with van der Waals surface area (Å²) in [4.78, 5) is 23.1. The first-order chi connectivity index (χ1) is 9.08. The number of ether oxygens (including phenoxy) is 2. The van der Waals surface area contributed by atoms with Crippen LogP contribution in [0.4, 0.5) is 0 Å². The van der Waals surface area contributed by atoms with Crippen LogP contribution in [0.1, 0.15) is 36.2 Å². The molecule has 0 bridgehead atoms. The van der Waals surface area contributed by atoms with Gasteiger partial charge in [0.05, 0.1) is 18.8 Å². The van der Waals surface area contributed by atoms with Crippen molar-refractivity contribution in [2.75, 3.05) is 13.2 Å². The van der Waals surface area contributed by atoms with Gasteiger partial charge in [0, 0.05) is 11.4 Å². The van der Waals surface area contributed by atoms with E-state index in [4.69, 9.17) is 21.1 Å². The minimum Gasteiger partial charge on any atom is -0.466 e. The van der Waals surface area contributed by atoms with Gasteiger partial charge in [-0.15, -0.1) is 0 Å². The quantitative estimate of drug-likeness (QED) is 0.754. The Labute approximate surface area is 117 Å². The molecule has 0 amide bonds. The maximum atomic E-state index is 11.8. The van der Waals surface area contributed by atoms with E-state index in [1.807, 2.05) is 0 Å². The molecule has 0 N–H and O–H groups in total. The van der Waals surface area contributed by atoms with Crippen LogP contribution in [0.3, 0.4) is 0 Å². The van der Waals surface area contributed by atoms with Crippen LogP contribution in [0.25, 0.3) is 0 Å². The van der Waals surface area contributed by atoms with Crippen molar-refractivity contribution in [1.29, 1.82) is 0 Å². The summed E-state index contributed by atoms with van der Waals surface area (Å²) in [6, 6.07) is 4.97. The lowest BCUT2D eigenvalue weighted by Crippen LogP contribution is -2.10. The van der Waals surface area contributed by atoms with Gasteiger partial charge in [0.15, 0.2) is 0 Å². The summed E-state index contributed by atoms with van der Waals surface area (Å²) in [5, 5.41) is 0.461. The van der Waals surface area contributed by atoms with Crippen molar-refractivity contribution in [2.24, 2.45) is 0 Å². The summed E-state index contributed by atoms with van der Waals surface area (Å²) in [5.74, 6) is -0.712. The van der Waals surface area contributed by atoms with Crippen LogP contribution in [0, 0.1) is 0 Å². The van der Waals surface area contributed by atoms with E-state index in [0.29, 0.717) is 30.2 Å². The first kappa shape index (κ1) is 15.5. The zero-order chi connectivity index (χ0) is 14.3. The van der Waals surface area contributed by atoms with Gasteiger partial charge in [-0.1, -0.05) is 17.7 Å². The molecule has 4 nitrogen and oxygen atoms in total. The maximum absolute atomic E-state index is 11.8. The molecule has 0 unspecified atom stereocenters. The Bertz CT molecular complexity index is 457. The first-order valence-electron chi connectivity index (χ1n) is 6.19. The average Bonchev–Trinajstić information content (AvgIpc) is 2.38. The normalized spacial score (nSPS) is 10.1. The molecule has 0 spiro atoms. The molecule has 0 atom stereocenters. The second-order valence-electron chi connectivity index (χ2n) is 3.83. The Morgan fingerprint density at radius 2 is 1.84 bits per heavy atom. The Balaban J connectivity index is 2.82. The number of hydrogen-bond donors (Lipinski definition) is 0. The van der Waals surface area contributed by atoms with E-state index < -0.39 is 5.97 Å². The SMILES string of the molecule is CCOC(=O)CCc1ccc(Cl)cc1C(=O)OCC. The topological polar surface area (TPSA) is 52.6 Å². The van der Waals surface area contributed by atoms with Crippen molar-refractivity contribution < 1.29 is 19.1 Å². The summed E-state index contributed by atoms with van der Waals surface area (Å²) < 4.78 is 9.82. The molecule has 1 aromatic rings. The van der Waals surface area contributed by atoms with Gasteiger partial charge in [0.2, 0.25) is 0 Å². The number of aryl methyl sites for hydroxylation is 1. The summed E-state index contributed by atoms with van der Waals surface area (Å²) in [7, 11) is 0. The summed E-state index contributed by atoms with van der Waals surface area (Å²) in [5.41, 5.74) is 1.13. The van der Waals surface area contributed by atoms with Gasteiger partial charge in [0.25, 0.3) is 0 Å². The molecule has 0 fully saturated rings. The Morgan fingerprint density at radius 1 is 1.16 bits per heavy atom. The molecular weight excluding hydrogens is 268 g/mol. The standard InChI is InChI=1S/C14H17ClO4/c1-3-18-13(16)8-6-10-5-7-11(15)9-12(10)14(17)19-4-2/h5,7,9H,3-4,6,8H2,1-2H3. The lowest BCUT2D eigenvalue weighted by Gasteiger charge is -2.09. The highest BCUT2D eigenvalue weighted by Crippen LogP contribution is 2.19. The number of carbonyl (C=O) groups excluding carboxylic acids is 2. The van der Waals surface area contributed by atoms with Gasteiger partial charge in [-0.3, -0.25) is 4.79 Å². The third-order valence-electron chi connectivity index (χ3n) is 2.47. The highest BCUT2D eigenvalue weighted by molar-refractivity contribution is 6.31. The van der Waals surface area contributed by atoms with Crippen LogP contribution in [-0.4, -0.2) is 25.2 Å². The molecular formula is C14H17ClO4. The highest BCUT2D eigenvalue weighted by atomic mass is 35.5. The van der Waals surface area contributed by atoms with E-state index in [0.717, 1.165) is 5.56 Å². The van der Waals surface area contributed by atoms with Crippen molar-refractivity contribution >= 4 is 23.5 Å². The van der Waals surface area contributed by atoms with E-state index >= 15 is 0 Å². The van der Waals surface area contributed by atoms with Gasteiger partial charge < -0.3 is 9.47 Å². The summed E-state index contributed by atoms with van der Waals surface area (Å²) in [6.07, 6.45) is 0.645. The fourth-order valence-electron chi connectivity index (χ4n) is 1.64. The molecule has 0 saturated carbocycles. The lowest BCUT2D eigenvalue weighted by atomic mass is 10.0. The van der Waals surface area contributed by atoms with Gasteiger partial charge in [0.1, 0.15) is 0 Å².